The zero-order valence-electron chi connectivity index (χ0n) is 4.81. The lowest BCUT2D eigenvalue weighted by molar-refractivity contribution is 1.32. The molecule has 0 heterocycles. The van der Waals surface area contributed by atoms with Crippen LogP contribution in [0.15, 0.2) is 23.9 Å². The Morgan fingerprint density at radius 2 is 2.14 bits per heavy atom. The van der Waals surface area contributed by atoms with E-state index >= 15 is 0 Å². The van der Waals surface area contributed by atoms with Gasteiger partial charge in [0.15, 0.2) is 0 Å². The van der Waals surface area contributed by atoms with Gasteiger partial charge in [0.2, 0.25) is 0 Å². The second kappa shape index (κ2) is 3.47. The first kappa shape index (κ1) is 6.28. The number of rotatable bonds is 1. The molecule has 0 aromatic rings. The van der Waals surface area contributed by atoms with Crippen molar-refractivity contribution in [2.24, 2.45) is 5.73 Å². The van der Waals surface area contributed by atoms with Gasteiger partial charge in [0.1, 0.15) is 0 Å². The van der Waals surface area contributed by atoms with Crippen molar-refractivity contribution in [2.45, 2.75) is 13.8 Å². The third-order valence-electron chi connectivity index (χ3n) is 0.552. The van der Waals surface area contributed by atoms with Crippen molar-refractivity contribution >= 4 is 0 Å². The van der Waals surface area contributed by atoms with Crippen LogP contribution >= 0.6 is 0 Å². The first-order valence-electron chi connectivity index (χ1n) is 2.32. The van der Waals surface area contributed by atoms with Crippen molar-refractivity contribution in [1.29, 1.82) is 0 Å². The molecule has 0 fully saturated rings. The van der Waals surface area contributed by atoms with Crippen molar-refractivity contribution in [3.05, 3.63) is 23.9 Å². The van der Waals surface area contributed by atoms with Gasteiger partial charge in [-0.25, -0.2) is 0 Å². The van der Waals surface area contributed by atoms with E-state index < -0.39 is 0 Å². The molecule has 0 aliphatic heterocycles. The van der Waals surface area contributed by atoms with Gasteiger partial charge in [0, 0.05) is 5.70 Å². The summed E-state index contributed by atoms with van der Waals surface area (Å²) in [5.41, 5.74) is 6.13. The van der Waals surface area contributed by atoms with Gasteiger partial charge in [-0.2, -0.15) is 0 Å². The second-order valence-corrected chi connectivity index (χ2v) is 1.44. The van der Waals surface area contributed by atoms with Crippen LogP contribution in [0, 0.1) is 0 Å². The Morgan fingerprint density at radius 1 is 1.57 bits per heavy atom. The van der Waals surface area contributed by atoms with E-state index in [9.17, 15) is 0 Å². The highest BCUT2D eigenvalue weighted by Crippen LogP contribution is 1.79. The van der Waals surface area contributed by atoms with E-state index in [0.29, 0.717) is 0 Å². The molecule has 40 valence electrons. The van der Waals surface area contributed by atoms with E-state index in [-0.39, 0.29) is 0 Å². The summed E-state index contributed by atoms with van der Waals surface area (Å²) in [6.07, 6.45) is 5.71. The van der Waals surface area contributed by atoms with Crippen molar-refractivity contribution in [1.82, 2.24) is 0 Å². The second-order valence-electron chi connectivity index (χ2n) is 1.44. The minimum Gasteiger partial charge on any atom is -0.402 e. The van der Waals surface area contributed by atoms with Gasteiger partial charge in [0.05, 0.1) is 0 Å². The average molecular weight is 97.2 g/mol. The third-order valence-corrected chi connectivity index (χ3v) is 0.552. The molecule has 1 heteroatoms. The summed E-state index contributed by atoms with van der Waals surface area (Å²) >= 11 is 0. The number of nitrogens with two attached hydrogens (primary N) is 1. The molecule has 0 aromatic heterocycles. The van der Waals surface area contributed by atoms with Gasteiger partial charge >= 0.3 is 0 Å². The Bertz CT molecular complexity index is 86.4. The van der Waals surface area contributed by atoms with Crippen LogP contribution in [0.3, 0.4) is 0 Å². The summed E-state index contributed by atoms with van der Waals surface area (Å²) in [5.74, 6) is 0. The van der Waals surface area contributed by atoms with E-state index in [1.807, 2.05) is 32.1 Å². The normalized spacial score (nSPS) is 13.1. The Morgan fingerprint density at radius 3 is 2.29 bits per heavy atom. The van der Waals surface area contributed by atoms with Crippen LogP contribution in [-0.4, -0.2) is 0 Å². The molecule has 0 aromatic carbocycles. The summed E-state index contributed by atoms with van der Waals surface area (Å²) in [6.45, 7) is 3.82. The van der Waals surface area contributed by atoms with Crippen LogP contribution < -0.4 is 5.73 Å². The molecule has 0 aliphatic rings. The Balaban J connectivity index is 3.46. The predicted octanol–water partition coefficient (Wildman–Crippen LogP) is 1.43. The Hall–Kier alpha value is -0.720. The lowest BCUT2D eigenvalue weighted by Gasteiger charge is -1.79. The molecule has 0 unspecified atom stereocenters. The van der Waals surface area contributed by atoms with Gasteiger partial charge in [-0.05, 0) is 19.9 Å². The van der Waals surface area contributed by atoms with Crippen LogP contribution in [0.1, 0.15) is 13.8 Å². The Kier molecular flexibility index (Phi) is 3.11. The predicted molar refractivity (Wildman–Crippen MR) is 32.8 cm³/mol. The molecule has 0 spiro atoms. The van der Waals surface area contributed by atoms with Crippen LogP contribution in [0.5, 0.6) is 0 Å². The molecule has 0 amide bonds. The minimum absolute atomic E-state index is 0.845. The SMILES string of the molecule is C/C=C/C=C(/C)N. The van der Waals surface area contributed by atoms with Crippen molar-refractivity contribution in [3.8, 4) is 0 Å². The molecular formula is C6H11N. The highest BCUT2D eigenvalue weighted by molar-refractivity contribution is 5.06. The molecule has 1 nitrogen and oxygen atoms in total. The Labute approximate surface area is 44.5 Å². The molecule has 2 N–H and O–H groups in total. The van der Waals surface area contributed by atoms with Gasteiger partial charge in [-0.1, -0.05) is 12.2 Å². The van der Waals surface area contributed by atoms with E-state index in [4.69, 9.17) is 5.73 Å². The topological polar surface area (TPSA) is 26.0 Å². The van der Waals surface area contributed by atoms with Crippen LogP contribution in [0.25, 0.3) is 0 Å². The first-order valence-corrected chi connectivity index (χ1v) is 2.32. The molecule has 0 radical (unpaired) electrons. The summed E-state index contributed by atoms with van der Waals surface area (Å²) in [6, 6.07) is 0. The van der Waals surface area contributed by atoms with E-state index in [1.54, 1.807) is 0 Å². The van der Waals surface area contributed by atoms with Crippen molar-refractivity contribution in [3.63, 3.8) is 0 Å². The molecule has 0 bridgehead atoms. The maximum atomic E-state index is 5.29. The van der Waals surface area contributed by atoms with Gasteiger partial charge in [0.25, 0.3) is 0 Å². The molecule has 0 saturated heterocycles. The maximum Gasteiger partial charge on any atom is 0.00487 e. The fourth-order valence-corrected chi connectivity index (χ4v) is 0.248. The van der Waals surface area contributed by atoms with Crippen LogP contribution in [-0.2, 0) is 0 Å². The summed E-state index contributed by atoms with van der Waals surface area (Å²) in [5, 5.41) is 0. The third kappa shape index (κ3) is 5.28. The summed E-state index contributed by atoms with van der Waals surface area (Å²) in [7, 11) is 0. The smallest absolute Gasteiger partial charge is 0.00487 e. The molecule has 7 heavy (non-hydrogen) atoms. The summed E-state index contributed by atoms with van der Waals surface area (Å²) in [4.78, 5) is 0. The van der Waals surface area contributed by atoms with E-state index in [1.165, 1.54) is 0 Å². The van der Waals surface area contributed by atoms with E-state index in [0.717, 1.165) is 5.70 Å². The monoisotopic (exact) mass is 97.1 g/mol. The average Bonchev–Trinajstić information content (AvgIpc) is 1.61. The first-order chi connectivity index (χ1) is 3.27. The molecule has 0 atom stereocenters. The van der Waals surface area contributed by atoms with Crippen LogP contribution in [0.4, 0.5) is 0 Å². The zero-order valence-corrected chi connectivity index (χ0v) is 4.81. The number of hydrogen-bond acceptors (Lipinski definition) is 1. The number of allylic oxidation sites excluding steroid dienone is 4. The van der Waals surface area contributed by atoms with E-state index in [2.05, 4.69) is 0 Å². The maximum absolute atomic E-state index is 5.29. The lowest BCUT2D eigenvalue weighted by Crippen LogP contribution is -1.87. The molecule has 0 rings (SSSR count). The highest BCUT2D eigenvalue weighted by Gasteiger charge is 1.65. The van der Waals surface area contributed by atoms with Gasteiger partial charge < -0.3 is 5.73 Å². The van der Waals surface area contributed by atoms with Crippen LogP contribution in [0.2, 0.25) is 0 Å². The number of hydrogen-bond donors (Lipinski definition) is 1. The minimum atomic E-state index is 0.845. The van der Waals surface area contributed by atoms with Gasteiger partial charge in [-0.3, -0.25) is 0 Å². The van der Waals surface area contributed by atoms with Crippen molar-refractivity contribution < 1.29 is 0 Å². The summed E-state index contributed by atoms with van der Waals surface area (Å²) < 4.78 is 0. The molecule has 0 aliphatic carbocycles. The van der Waals surface area contributed by atoms with Crippen molar-refractivity contribution in [2.75, 3.05) is 0 Å². The quantitative estimate of drug-likeness (QED) is 0.492. The lowest BCUT2D eigenvalue weighted by atomic mass is 10.4. The zero-order chi connectivity index (χ0) is 5.70. The largest absolute Gasteiger partial charge is 0.402 e. The molecular weight excluding hydrogens is 86.1 g/mol. The fourth-order valence-electron chi connectivity index (χ4n) is 0.248. The highest BCUT2D eigenvalue weighted by atomic mass is 14.5. The molecule has 0 saturated carbocycles. The van der Waals surface area contributed by atoms with Gasteiger partial charge in [-0.15, -0.1) is 0 Å². The standard InChI is InChI=1S/C6H11N/c1-3-4-5-6(2)7/h3-5H,7H2,1-2H3/b4-3+,6-5-. The fraction of sp³-hybridized carbons (Fsp3) is 0.333.